The summed E-state index contributed by atoms with van der Waals surface area (Å²) in [5.74, 6) is -1.14. The number of primary amides is 1. The smallest absolute Gasteiger partial charge is 0.264 e. The summed E-state index contributed by atoms with van der Waals surface area (Å²) in [6.45, 7) is 3.66. The number of nitrogens with two attached hydrogens (primary N) is 1. The Bertz CT molecular complexity index is 890. The Balaban J connectivity index is 2.15. The molecule has 120 valence electrons. The van der Waals surface area contributed by atoms with E-state index in [-0.39, 0.29) is 11.4 Å². The van der Waals surface area contributed by atoms with Gasteiger partial charge in [0, 0.05) is 0 Å². The maximum Gasteiger partial charge on any atom is 0.264 e. The average Bonchev–Trinajstić information content (AvgIpc) is 2.90. The van der Waals surface area contributed by atoms with E-state index >= 15 is 0 Å². The molecule has 0 unspecified atom stereocenters. The second-order valence-electron chi connectivity index (χ2n) is 5.82. The molecule has 0 saturated heterocycles. The number of carbonyl (C=O) groups excluding carboxylic acids is 1. The molecule has 0 spiro atoms. The van der Waals surface area contributed by atoms with Gasteiger partial charge in [0.05, 0.1) is 23.0 Å². The number of amides is 1. The zero-order chi connectivity index (χ0) is 16.8. The highest BCUT2D eigenvalue weighted by atomic mass is 32.2. The van der Waals surface area contributed by atoms with Gasteiger partial charge in [-0.3, -0.25) is 9.10 Å². The lowest BCUT2D eigenvalue weighted by molar-refractivity contribution is -0.119. The summed E-state index contributed by atoms with van der Waals surface area (Å²) in [5, 5.41) is 0. The van der Waals surface area contributed by atoms with E-state index < -0.39 is 21.8 Å². The van der Waals surface area contributed by atoms with Crippen LogP contribution in [0.3, 0.4) is 0 Å². The molecule has 0 aromatic heterocycles. The Kier molecular flexibility index (Phi) is 3.64. The number of carbonyl (C=O) groups is 1. The fourth-order valence-corrected chi connectivity index (χ4v) is 4.76. The van der Waals surface area contributed by atoms with Gasteiger partial charge >= 0.3 is 0 Å². The Labute approximate surface area is 135 Å². The van der Waals surface area contributed by atoms with Gasteiger partial charge in [0.15, 0.2) is 0 Å². The molecule has 1 aliphatic heterocycles. The van der Waals surface area contributed by atoms with Crippen LogP contribution >= 0.6 is 0 Å². The number of rotatable bonds is 3. The molecule has 2 aromatic carbocycles. The lowest BCUT2D eigenvalue weighted by Gasteiger charge is -2.21. The molecule has 0 radical (unpaired) electrons. The van der Waals surface area contributed by atoms with Crippen molar-refractivity contribution < 1.29 is 13.2 Å². The van der Waals surface area contributed by atoms with Crippen LogP contribution in [0.25, 0.3) is 0 Å². The lowest BCUT2D eigenvalue weighted by Crippen LogP contribution is -2.33. The quantitative estimate of drug-likeness (QED) is 0.935. The third-order valence-electron chi connectivity index (χ3n) is 4.18. The summed E-state index contributed by atoms with van der Waals surface area (Å²) in [6, 6.07) is 12.3. The van der Waals surface area contributed by atoms with Crippen molar-refractivity contribution >= 4 is 21.6 Å². The Morgan fingerprint density at radius 3 is 2.57 bits per heavy atom. The first kappa shape index (κ1) is 15.6. The number of nitrogens with zero attached hydrogens (tertiary/aromatic N) is 1. The predicted octanol–water partition coefficient (Wildman–Crippen LogP) is 2.08. The van der Waals surface area contributed by atoms with Crippen molar-refractivity contribution in [1.82, 2.24) is 0 Å². The zero-order valence-electron chi connectivity index (χ0n) is 13.0. The van der Waals surface area contributed by atoms with Crippen LogP contribution in [0.2, 0.25) is 0 Å². The summed E-state index contributed by atoms with van der Waals surface area (Å²) < 4.78 is 27.5. The maximum absolute atomic E-state index is 13.1. The van der Waals surface area contributed by atoms with E-state index in [9.17, 15) is 13.2 Å². The number of para-hydroxylation sites is 1. The van der Waals surface area contributed by atoms with Crippen LogP contribution < -0.4 is 10.0 Å². The highest BCUT2D eigenvalue weighted by Gasteiger charge is 2.39. The number of benzene rings is 2. The van der Waals surface area contributed by atoms with Crippen LogP contribution in [0.5, 0.6) is 0 Å². The van der Waals surface area contributed by atoms with E-state index in [0.29, 0.717) is 16.8 Å². The number of sulfonamides is 1. The SMILES string of the molecule is Cc1ccc(C)c(S(=O)(=O)N2C[C@H](C(N)=O)c3ccccc32)c1. The summed E-state index contributed by atoms with van der Waals surface area (Å²) in [7, 11) is -3.75. The van der Waals surface area contributed by atoms with Crippen molar-refractivity contribution in [1.29, 1.82) is 0 Å². The molecular formula is C17H18N2O3S. The molecule has 5 nitrogen and oxygen atoms in total. The van der Waals surface area contributed by atoms with Crippen LogP contribution in [0.1, 0.15) is 22.6 Å². The van der Waals surface area contributed by atoms with Crippen LogP contribution in [0.15, 0.2) is 47.4 Å². The van der Waals surface area contributed by atoms with Gasteiger partial charge < -0.3 is 5.73 Å². The molecule has 1 heterocycles. The second-order valence-corrected chi connectivity index (χ2v) is 7.65. The molecule has 2 N–H and O–H groups in total. The van der Waals surface area contributed by atoms with Crippen LogP contribution in [0, 0.1) is 13.8 Å². The van der Waals surface area contributed by atoms with Crippen molar-refractivity contribution in [2.45, 2.75) is 24.7 Å². The van der Waals surface area contributed by atoms with Crippen molar-refractivity contribution in [3.8, 4) is 0 Å². The zero-order valence-corrected chi connectivity index (χ0v) is 13.8. The van der Waals surface area contributed by atoms with E-state index in [1.165, 1.54) is 4.31 Å². The second kappa shape index (κ2) is 5.38. The highest BCUT2D eigenvalue weighted by molar-refractivity contribution is 7.93. The summed E-state index contributed by atoms with van der Waals surface area (Å²) in [4.78, 5) is 12.0. The molecule has 1 amide bonds. The van der Waals surface area contributed by atoms with Gasteiger partial charge in [-0.25, -0.2) is 8.42 Å². The molecule has 0 saturated carbocycles. The summed E-state index contributed by atoms with van der Waals surface area (Å²) >= 11 is 0. The summed E-state index contributed by atoms with van der Waals surface area (Å²) in [6.07, 6.45) is 0. The minimum Gasteiger partial charge on any atom is -0.369 e. The lowest BCUT2D eigenvalue weighted by atomic mass is 10.0. The third kappa shape index (κ3) is 2.49. The fourth-order valence-electron chi connectivity index (χ4n) is 2.95. The molecule has 1 atom stereocenters. The molecule has 2 aromatic rings. The van der Waals surface area contributed by atoms with Crippen molar-refractivity contribution in [2.24, 2.45) is 5.73 Å². The molecule has 0 aliphatic carbocycles. The average molecular weight is 330 g/mol. The van der Waals surface area contributed by atoms with Gasteiger partial charge in [-0.05, 0) is 42.7 Å². The first-order valence-electron chi connectivity index (χ1n) is 7.30. The molecular weight excluding hydrogens is 312 g/mol. The Morgan fingerprint density at radius 1 is 1.17 bits per heavy atom. The van der Waals surface area contributed by atoms with E-state index in [2.05, 4.69) is 0 Å². The van der Waals surface area contributed by atoms with E-state index in [4.69, 9.17) is 5.73 Å². The molecule has 0 fully saturated rings. The number of anilines is 1. The minimum absolute atomic E-state index is 0.0460. The largest absolute Gasteiger partial charge is 0.369 e. The minimum atomic E-state index is -3.75. The van der Waals surface area contributed by atoms with Crippen molar-refractivity contribution in [3.05, 3.63) is 59.2 Å². The third-order valence-corrected chi connectivity index (χ3v) is 6.11. The monoisotopic (exact) mass is 330 g/mol. The highest BCUT2D eigenvalue weighted by Crippen LogP contribution is 2.39. The first-order chi connectivity index (χ1) is 10.8. The fraction of sp³-hybridized carbons (Fsp3) is 0.235. The van der Waals surface area contributed by atoms with Crippen LogP contribution in [0.4, 0.5) is 5.69 Å². The number of hydrogen-bond donors (Lipinski definition) is 1. The molecule has 23 heavy (non-hydrogen) atoms. The van der Waals surface area contributed by atoms with Crippen LogP contribution in [-0.2, 0) is 14.8 Å². The predicted molar refractivity (Wildman–Crippen MR) is 88.8 cm³/mol. The van der Waals surface area contributed by atoms with Crippen LogP contribution in [-0.4, -0.2) is 20.9 Å². The van der Waals surface area contributed by atoms with Crippen molar-refractivity contribution in [3.63, 3.8) is 0 Å². The topological polar surface area (TPSA) is 80.5 Å². The van der Waals surface area contributed by atoms with Gasteiger partial charge in [0.25, 0.3) is 10.0 Å². The summed E-state index contributed by atoms with van der Waals surface area (Å²) in [5.41, 5.74) is 8.18. The molecule has 1 aliphatic rings. The first-order valence-corrected chi connectivity index (χ1v) is 8.74. The molecule has 6 heteroatoms. The number of fused-ring (bicyclic) bond motifs is 1. The Morgan fingerprint density at radius 2 is 1.87 bits per heavy atom. The Hall–Kier alpha value is -2.34. The van der Waals surface area contributed by atoms with Gasteiger partial charge in [-0.2, -0.15) is 0 Å². The van der Waals surface area contributed by atoms with Gasteiger partial charge in [0.1, 0.15) is 0 Å². The molecule has 0 bridgehead atoms. The normalized spacial score (nSPS) is 17.1. The van der Waals surface area contributed by atoms with E-state index in [1.54, 1.807) is 43.3 Å². The molecule has 3 rings (SSSR count). The van der Waals surface area contributed by atoms with E-state index in [1.807, 2.05) is 13.0 Å². The van der Waals surface area contributed by atoms with Gasteiger partial charge in [-0.1, -0.05) is 30.3 Å². The van der Waals surface area contributed by atoms with E-state index in [0.717, 1.165) is 5.56 Å². The standard InChI is InChI=1S/C17H18N2O3S/c1-11-7-8-12(2)16(9-11)23(21,22)19-10-14(17(18)20)13-5-3-4-6-15(13)19/h3-9,14H,10H2,1-2H3,(H2,18,20)/t14-/m0/s1. The van der Waals surface area contributed by atoms with Gasteiger partial charge in [0.2, 0.25) is 5.91 Å². The maximum atomic E-state index is 13.1. The van der Waals surface area contributed by atoms with Crippen molar-refractivity contribution in [2.75, 3.05) is 10.8 Å². The van der Waals surface area contributed by atoms with Gasteiger partial charge in [-0.15, -0.1) is 0 Å². The number of aryl methyl sites for hydroxylation is 2. The number of hydrogen-bond acceptors (Lipinski definition) is 3.